The van der Waals surface area contributed by atoms with Crippen LogP contribution in [0.25, 0.3) is 5.76 Å². The quantitative estimate of drug-likeness (QED) is 0.347. The molecule has 1 N–H and O–H groups in total. The highest BCUT2D eigenvalue weighted by Gasteiger charge is 2.47. The first-order valence-corrected chi connectivity index (χ1v) is 10.2. The fourth-order valence-electron chi connectivity index (χ4n) is 3.88. The molecule has 1 atom stereocenters. The van der Waals surface area contributed by atoms with Crippen LogP contribution < -0.4 is 9.64 Å². The molecule has 1 aromatic heterocycles. The number of rotatable bonds is 5. The lowest BCUT2D eigenvalue weighted by molar-refractivity contribution is -0.132. The minimum absolute atomic E-state index is 0.238. The van der Waals surface area contributed by atoms with E-state index >= 15 is 0 Å². The second kappa shape index (κ2) is 8.82. The van der Waals surface area contributed by atoms with Crippen LogP contribution in [-0.4, -0.2) is 28.4 Å². The number of aromatic nitrogens is 1. The number of aliphatic hydroxyl groups is 1. The third-order valence-electron chi connectivity index (χ3n) is 5.38. The van der Waals surface area contributed by atoms with Crippen molar-refractivity contribution in [2.24, 2.45) is 0 Å². The molecule has 1 unspecified atom stereocenters. The lowest BCUT2D eigenvalue weighted by Crippen LogP contribution is -2.30. The van der Waals surface area contributed by atoms with Gasteiger partial charge in [-0.05, 0) is 67.4 Å². The van der Waals surface area contributed by atoms with Crippen LogP contribution in [-0.2, 0) is 9.59 Å². The third-order valence-corrected chi connectivity index (χ3v) is 5.38. The van der Waals surface area contributed by atoms with Crippen molar-refractivity contribution in [3.05, 3.63) is 94.8 Å². The first-order valence-electron chi connectivity index (χ1n) is 10.2. The highest BCUT2D eigenvalue weighted by Crippen LogP contribution is 2.43. The summed E-state index contributed by atoms with van der Waals surface area (Å²) in [5.74, 6) is -3.56. The first kappa shape index (κ1) is 22.1. The predicted molar refractivity (Wildman–Crippen MR) is 118 cm³/mol. The number of benzene rings is 2. The van der Waals surface area contributed by atoms with Crippen LogP contribution in [0.4, 0.5) is 14.5 Å². The van der Waals surface area contributed by atoms with E-state index in [2.05, 4.69) is 4.98 Å². The number of hydrogen-bond donors (Lipinski definition) is 1. The van der Waals surface area contributed by atoms with Gasteiger partial charge in [0.25, 0.3) is 11.7 Å². The van der Waals surface area contributed by atoms with Crippen LogP contribution in [0.2, 0.25) is 0 Å². The van der Waals surface area contributed by atoms with Crippen molar-refractivity contribution in [1.82, 2.24) is 4.98 Å². The lowest BCUT2D eigenvalue weighted by atomic mass is 9.95. The second-order valence-electron chi connectivity index (χ2n) is 7.46. The largest absolute Gasteiger partial charge is 0.507 e. The van der Waals surface area contributed by atoms with Crippen molar-refractivity contribution in [1.29, 1.82) is 0 Å². The average molecular weight is 450 g/mol. The fourth-order valence-corrected chi connectivity index (χ4v) is 3.88. The highest BCUT2D eigenvalue weighted by atomic mass is 19.1. The molecule has 2 heterocycles. The van der Waals surface area contributed by atoms with E-state index in [4.69, 9.17) is 4.74 Å². The molecule has 1 aliphatic rings. The monoisotopic (exact) mass is 450 g/mol. The van der Waals surface area contributed by atoms with Gasteiger partial charge in [0.05, 0.1) is 23.9 Å². The number of carbonyl (C=O) groups is 2. The van der Waals surface area contributed by atoms with Gasteiger partial charge in [0, 0.05) is 24.0 Å². The smallest absolute Gasteiger partial charge is 0.300 e. The Kier molecular flexibility index (Phi) is 5.91. The first-order chi connectivity index (χ1) is 15.8. The number of Topliss-reactive ketones (excluding diaryl/α,β-unsaturated/α-hetero) is 1. The number of carbonyl (C=O) groups excluding carboxylic acids is 2. The van der Waals surface area contributed by atoms with Crippen molar-refractivity contribution < 1.29 is 28.2 Å². The molecule has 4 rings (SSSR count). The van der Waals surface area contributed by atoms with Gasteiger partial charge in [0.15, 0.2) is 0 Å². The van der Waals surface area contributed by atoms with Crippen LogP contribution in [0, 0.1) is 18.6 Å². The number of hydrogen-bond acceptors (Lipinski definition) is 5. The maximum atomic E-state index is 14.7. The Morgan fingerprint density at radius 3 is 2.48 bits per heavy atom. The Bertz CT molecular complexity index is 1270. The summed E-state index contributed by atoms with van der Waals surface area (Å²) >= 11 is 0. The molecule has 3 aromatic rings. The number of ether oxygens (including phenoxy) is 1. The Morgan fingerprint density at radius 2 is 1.82 bits per heavy atom. The maximum absolute atomic E-state index is 14.7. The Balaban J connectivity index is 1.93. The molecule has 168 valence electrons. The topological polar surface area (TPSA) is 79.7 Å². The number of nitrogens with zero attached hydrogens (tertiary/aromatic N) is 2. The lowest BCUT2D eigenvalue weighted by Gasteiger charge is -2.25. The molecule has 0 aliphatic carbocycles. The van der Waals surface area contributed by atoms with Gasteiger partial charge in [-0.3, -0.25) is 19.5 Å². The molecule has 1 fully saturated rings. The molecule has 1 saturated heterocycles. The number of pyridine rings is 1. The van der Waals surface area contributed by atoms with Gasteiger partial charge < -0.3 is 9.84 Å². The summed E-state index contributed by atoms with van der Waals surface area (Å²) in [6.45, 7) is 4.08. The molecule has 0 radical (unpaired) electrons. The number of aliphatic hydroxyl groups excluding tert-OH is 1. The van der Waals surface area contributed by atoms with Crippen molar-refractivity contribution in [3.63, 3.8) is 0 Å². The highest BCUT2D eigenvalue weighted by molar-refractivity contribution is 6.51. The normalized spacial score (nSPS) is 17.5. The molecular weight excluding hydrogens is 430 g/mol. The van der Waals surface area contributed by atoms with Crippen LogP contribution in [0.1, 0.15) is 29.7 Å². The molecule has 33 heavy (non-hydrogen) atoms. The fraction of sp³-hybridized carbons (Fsp3) is 0.160. The van der Waals surface area contributed by atoms with E-state index in [0.717, 1.165) is 23.1 Å². The molecular formula is C25H20F2N2O4. The molecule has 6 nitrogen and oxygen atoms in total. The zero-order valence-electron chi connectivity index (χ0n) is 17.9. The van der Waals surface area contributed by atoms with Gasteiger partial charge in [0.2, 0.25) is 0 Å². The summed E-state index contributed by atoms with van der Waals surface area (Å²) < 4.78 is 34.1. The van der Waals surface area contributed by atoms with Gasteiger partial charge in [-0.2, -0.15) is 0 Å². The number of amides is 1. The van der Waals surface area contributed by atoms with Crippen molar-refractivity contribution in [3.8, 4) is 5.75 Å². The molecule has 8 heteroatoms. The zero-order valence-corrected chi connectivity index (χ0v) is 17.9. The van der Waals surface area contributed by atoms with Gasteiger partial charge in [-0.25, -0.2) is 8.78 Å². The van der Waals surface area contributed by atoms with E-state index in [0.29, 0.717) is 23.5 Å². The number of aryl methyl sites for hydroxylation is 1. The Hall–Kier alpha value is -4.07. The number of halogens is 2. The second-order valence-corrected chi connectivity index (χ2v) is 7.46. The third kappa shape index (κ3) is 3.95. The van der Waals surface area contributed by atoms with Gasteiger partial charge >= 0.3 is 0 Å². The van der Waals surface area contributed by atoms with Crippen molar-refractivity contribution >= 4 is 23.1 Å². The minimum atomic E-state index is -1.18. The predicted octanol–water partition coefficient (Wildman–Crippen LogP) is 4.69. The van der Waals surface area contributed by atoms with Crippen LogP contribution in [0.15, 0.2) is 66.5 Å². The van der Waals surface area contributed by atoms with E-state index in [1.807, 2.05) is 6.92 Å². The molecule has 2 aromatic carbocycles. The molecule has 1 aliphatic heterocycles. The minimum Gasteiger partial charge on any atom is -0.507 e. The summed E-state index contributed by atoms with van der Waals surface area (Å²) in [6.07, 6.45) is 2.89. The Labute approximate surface area is 188 Å². The van der Waals surface area contributed by atoms with Gasteiger partial charge in [0.1, 0.15) is 23.1 Å². The summed E-state index contributed by atoms with van der Waals surface area (Å²) in [4.78, 5) is 30.9. The van der Waals surface area contributed by atoms with Gasteiger partial charge in [-0.1, -0.05) is 0 Å². The van der Waals surface area contributed by atoms with Gasteiger partial charge in [-0.15, -0.1) is 0 Å². The van der Waals surface area contributed by atoms with Crippen molar-refractivity contribution in [2.75, 3.05) is 11.5 Å². The SMILES string of the molecule is CCOc1ccc(/C(O)=C2\C(=O)C(=O)N(c3cc(F)ccc3F)C2c2ccncc2)cc1C. The number of ketones is 1. The maximum Gasteiger partial charge on any atom is 0.300 e. The van der Waals surface area contributed by atoms with Crippen LogP contribution >= 0.6 is 0 Å². The Morgan fingerprint density at radius 1 is 1.09 bits per heavy atom. The van der Waals surface area contributed by atoms with E-state index in [1.54, 1.807) is 25.1 Å². The summed E-state index contributed by atoms with van der Waals surface area (Å²) in [7, 11) is 0. The molecule has 1 amide bonds. The summed E-state index contributed by atoms with van der Waals surface area (Å²) in [5.41, 5.74) is 0.760. The molecule has 0 saturated carbocycles. The number of anilines is 1. The van der Waals surface area contributed by atoms with E-state index in [-0.39, 0.29) is 11.1 Å². The average Bonchev–Trinajstić information content (AvgIpc) is 3.07. The van der Waals surface area contributed by atoms with Crippen LogP contribution in [0.3, 0.4) is 0 Å². The zero-order chi connectivity index (χ0) is 23.7. The van der Waals surface area contributed by atoms with Crippen molar-refractivity contribution in [2.45, 2.75) is 19.9 Å². The van der Waals surface area contributed by atoms with E-state index < -0.39 is 40.8 Å². The summed E-state index contributed by atoms with van der Waals surface area (Å²) in [6, 6.07) is 9.37. The molecule has 0 bridgehead atoms. The van der Waals surface area contributed by atoms with E-state index in [9.17, 15) is 23.5 Å². The summed E-state index contributed by atoms with van der Waals surface area (Å²) in [5, 5.41) is 11.1. The van der Waals surface area contributed by atoms with Crippen LogP contribution in [0.5, 0.6) is 5.75 Å². The molecule has 0 spiro atoms. The standard InChI is InChI=1S/C25H20F2N2O4/c1-3-33-20-7-4-16(12-14(20)2)23(30)21-22(15-8-10-28-11-9-15)29(25(32)24(21)31)19-13-17(26)5-6-18(19)27/h4-13,22,30H,3H2,1-2H3/b23-21+. The van der Waals surface area contributed by atoms with E-state index in [1.165, 1.54) is 24.5 Å².